The van der Waals surface area contributed by atoms with Crippen molar-refractivity contribution in [2.75, 3.05) is 0 Å². The number of fused-ring (bicyclic) bond motifs is 1. The van der Waals surface area contributed by atoms with Crippen LogP contribution in [0.4, 0.5) is 0 Å². The van der Waals surface area contributed by atoms with Crippen LogP contribution >= 0.6 is 0 Å². The van der Waals surface area contributed by atoms with Gasteiger partial charge < -0.3 is 4.42 Å². The number of unbranched alkanes of at least 4 members (excludes halogenated alkanes) is 2. The molecule has 102 valence electrons. The molecule has 0 aliphatic heterocycles. The third kappa shape index (κ3) is 2.60. The molecule has 0 N–H and O–H groups in total. The number of para-hydroxylation sites is 1. The van der Waals surface area contributed by atoms with E-state index in [4.69, 9.17) is 9.40 Å². The lowest BCUT2D eigenvalue weighted by molar-refractivity contribution is 0.579. The van der Waals surface area contributed by atoms with Crippen LogP contribution in [0.1, 0.15) is 31.7 Å². The zero-order chi connectivity index (χ0) is 13.8. The molecule has 2 heteroatoms. The zero-order valence-electron chi connectivity index (χ0n) is 11.8. The zero-order valence-corrected chi connectivity index (χ0v) is 11.8. The summed E-state index contributed by atoms with van der Waals surface area (Å²) in [5, 5.41) is 1.20. The van der Waals surface area contributed by atoms with Gasteiger partial charge in [-0.3, -0.25) is 0 Å². The van der Waals surface area contributed by atoms with Gasteiger partial charge >= 0.3 is 0 Å². The first-order valence-electron chi connectivity index (χ1n) is 7.31. The Bertz CT molecular complexity index is 686. The van der Waals surface area contributed by atoms with Crippen LogP contribution in [0.3, 0.4) is 0 Å². The summed E-state index contributed by atoms with van der Waals surface area (Å²) in [6.45, 7) is 2.23. The summed E-state index contributed by atoms with van der Waals surface area (Å²) in [6.07, 6.45) is 6.45. The minimum Gasteiger partial charge on any atom is -0.463 e. The second-order valence-corrected chi connectivity index (χ2v) is 5.12. The van der Waals surface area contributed by atoms with Crippen LogP contribution in [0.15, 0.2) is 53.1 Å². The van der Waals surface area contributed by atoms with Crippen molar-refractivity contribution in [2.45, 2.75) is 32.6 Å². The lowest BCUT2D eigenvalue weighted by Gasteiger charge is -2.09. The number of pyridine rings is 1. The maximum Gasteiger partial charge on any atom is 0.152 e. The molecule has 3 rings (SSSR count). The molecule has 0 atom stereocenters. The summed E-state index contributed by atoms with van der Waals surface area (Å²) in [7, 11) is 0. The summed E-state index contributed by atoms with van der Waals surface area (Å²) >= 11 is 0. The lowest BCUT2D eigenvalue weighted by atomic mass is 10.0. The van der Waals surface area contributed by atoms with Crippen LogP contribution in [0.2, 0.25) is 0 Å². The molecule has 2 aromatic heterocycles. The number of benzene rings is 1. The first kappa shape index (κ1) is 12.9. The molecule has 1 aromatic carbocycles. The van der Waals surface area contributed by atoms with Crippen molar-refractivity contribution in [3.63, 3.8) is 0 Å². The molecule has 0 aliphatic carbocycles. The molecular formula is C18H19NO. The van der Waals surface area contributed by atoms with E-state index in [9.17, 15) is 0 Å². The molecule has 0 saturated carbocycles. The highest BCUT2D eigenvalue weighted by Crippen LogP contribution is 2.27. The van der Waals surface area contributed by atoms with E-state index in [1.165, 1.54) is 30.2 Å². The van der Waals surface area contributed by atoms with Crippen LogP contribution < -0.4 is 0 Å². The predicted octanol–water partition coefficient (Wildman–Crippen LogP) is 5.23. The van der Waals surface area contributed by atoms with Crippen molar-refractivity contribution in [1.29, 1.82) is 0 Å². The summed E-state index contributed by atoms with van der Waals surface area (Å²) < 4.78 is 5.55. The van der Waals surface area contributed by atoms with Crippen molar-refractivity contribution >= 4 is 10.9 Å². The van der Waals surface area contributed by atoms with E-state index in [-0.39, 0.29) is 0 Å². The molecule has 0 spiro atoms. The fraction of sp³-hybridized carbons (Fsp3) is 0.278. The van der Waals surface area contributed by atoms with Gasteiger partial charge in [0, 0.05) is 5.39 Å². The number of aromatic nitrogens is 1. The number of hydrogen-bond donors (Lipinski definition) is 0. The SMILES string of the molecule is CCCCCc1cc2ccccc2nc1-c1ccco1. The summed E-state index contributed by atoms with van der Waals surface area (Å²) in [5.74, 6) is 0.863. The van der Waals surface area contributed by atoms with Gasteiger partial charge in [0.05, 0.1) is 11.8 Å². The summed E-state index contributed by atoms with van der Waals surface area (Å²) in [5.41, 5.74) is 3.30. The molecule has 0 radical (unpaired) electrons. The molecule has 0 saturated heterocycles. The molecule has 0 fully saturated rings. The van der Waals surface area contributed by atoms with E-state index in [0.717, 1.165) is 23.4 Å². The Labute approximate surface area is 119 Å². The highest BCUT2D eigenvalue weighted by atomic mass is 16.3. The van der Waals surface area contributed by atoms with E-state index in [0.29, 0.717) is 0 Å². The quantitative estimate of drug-likeness (QED) is 0.590. The van der Waals surface area contributed by atoms with Crippen molar-refractivity contribution in [3.05, 3.63) is 54.3 Å². The summed E-state index contributed by atoms with van der Waals surface area (Å²) in [6, 6.07) is 14.4. The standard InChI is InChI=1S/C18H19NO/c1-2-3-4-9-15-13-14-8-5-6-10-16(14)19-18(15)17-11-7-12-20-17/h5-8,10-13H,2-4,9H2,1H3. The van der Waals surface area contributed by atoms with Gasteiger partial charge in [-0.15, -0.1) is 0 Å². The van der Waals surface area contributed by atoms with E-state index < -0.39 is 0 Å². The molecule has 3 aromatic rings. The molecule has 2 heterocycles. The van der Waals surface area contributed by atoms with E-state index in [2.05, 4.69) is 31.2 Å². The van der Waals surface area contributed by atoms with Crippen LogP contribution in [0, 0.1) is 0 Å². The molecule has 0 aliphatic rings. The third-order valence-corrected chi connectivity index (χ3v) is 3.61. The molecule has 20 heavy (non-hydrogen) atoms. The highest BCUT2D eigenvalue weighted by molar-refractivity contribution is 5.82. The van der Waals surface area contributed by atoms with Crippen molar-refractivity contribution in [3.8, 4) is 11.5 Å². The topological polar surface area (TPSA) is 26.0 Å². The second kappa shape index (κ2) is 5.91. The van der Waals surface area contributed by atoms with E-state index in [1.807, 2.05) is 18.2 Å². The molecule has 2 nitrogen and oxygen atoms in total. The van der Waals surface area contributed by atoms with Gasteiger partial charge in [-0.1, -0.05) is 38.0 Å². The van der Waals surface area contributed by atoms with Crippen LogP contribution in [0.5, 0.6) is 0 Å². The normalized spacial score (nSPS) is 11.1. The first-order chi connectivity index (χ1) is 9.88. The van der Waals surface area contributed by atoms with Gasteiger partial charge in [0.15, 0.2) is 5.76 Å². The Morgan fingerprint density at radius 2 is 1.95 bits per heavy atom. The molecule has 0 amide bonds. The van der Waals surface area contributed by atoms with Gasteiger partial charge in [0.25, 0.3) is 0 Å². The van der Waals surface area contributed by atoms with Gasteiger partial charge in [0.2, 0.25) is 0 Å². The van der Waals surface area contributed by atoms with Crippen molar-refractivity contribution in [1.82, 2.24) is 4.98 Å². The maximum absolute atomic E-state index is 5.55. The Morgan fingerprint density at radius 3 is 2.75 bits per heavy atom. The summed E-state index contributed by atoms with van der Waals surface area (Å²) in [4.78, 5) is 4.80. The van der Waals surface area contributed by atoms with Crippen molar-refractivity contribution < 1.29 is 4.42 Å². The highest BCUT2D eigenvalue weighted by Gasteiger charge is 2.11. The van der Waals surface area contributed by atoms with Crippen molar-refractivity contribution in [2.24, 2.45) is 0 Å². The Balaban J connectivity index is 2.06. The van der Waals surface area contributed by atoms with Crippen LogP contribution in [-0.2, 0) is 6.42 Å². The smallest absolute Gasteiger partial charge is 0.152 e. The van der Waals surface area contributed by atoms with E-state index in [1.54, 1.807) is 6.26 Å². The fourth-order valence-electron chi connectivity index (χ4n) is 2.54. The predicted molar refractivity (Wildman–Crippen MR) is 82.7 cm³/mol. The minimum absolute atomic E-state index is 0.863. The number of aryl methyl sites for hydroxylation is 1. The largest absolute Gasteiger partial charge is 0.463 e. The molecule has 0 bridgehead atoms. The Hall–Kier alpha value is -2.09. The number of rotatable bonds is 5. The number of hydrogen-bond acceptors (Lipinski definition) is 2. The van der Waals surface area contributed by atoms with E-state index >= 15 is 0 Å². The third-order valence-electron chi connectivity index (χ3n) is 3.61. The Morgan fingerprint density at radius 1 is 1.05 bits per heavy atom. The second-order valence-electron chi connectivity index (χ2n) is 5.12. The first-order valence-corrected chi connectivity index (χ1v) is 7.31. The monoisotopic (exact) mass is 265 g/mol. The lowest BCUT2D eigenvalue weighted by Crippen LogP contribution is -1.94. The minimum atomic E-state index is 0.863. The fourth-order valence-corrected chi connectivity index (χ4v) is 2.54. The van der Waals surface area contributed by atoms with Gasteiger partial charge in [-0.25, -0.2) is 4.98 Å². The van der Waals surface area contributed by atoms with Crippen LogP contribution in [-0.4, -0.2) is 4.98 Å². The van der Waals surface area contributed by atoms with Crippen LogP contribution in [0.25, 0.3) is 22.4 Å². The maximum atomic E-state index is 5.55. The van der Waals surface area contributed by atoms with Gasteiger partial charge in [0.1, 0.15) is 5.69 Å². The number of nitrogens with zero attached hydrogens (tertiary/aromatic N) is 1. The Kier molecular flexibility index (Phi) is 3.82. The molecular weight excluding hydrogens is 246 g/mol. The van der Waals surface area contributed by atoms with Gasteiger partial charge in [-0.05, 0) is 42.7 Å². The molecule has 0 unspecified atom stereocenters. The van der Waals surface area contributed by atoms with Gasteiger partial charge in [-0.2, -0.15) is 0 Å². The average molecular weight is 265 g/mol. The average Bonchev–Trinajstić information content (AvgIpc) is 3.01. The number of furan rings is 1.